The van der Waals surface area contributed by atoms with Crippen molar-refractivity contribution in [1.82, 2.24) is 5.32 Å². The molecule has 2 aromatic carbocycles. The Bertz CT molecular complexity index is 1040. The molecule has 0 aromatic heterocycles. The van der Waals surface area contributed by atoms with Crippen LogP contribution in [0.25, 0.3) is 0 Å². The number of ether oxygens (including phenoxy) is 2. The van der Waals surface area contributed by atoms with Crippen molar-refractivity contribution in [3.8, 4) is 11.5 Å². The number of benzene rings is 2. The summed E-state index contributed by atoms with van der Waals surface area (Å²) in [5.41, 5.74) is -1.34. The first kappa shape index (κ1) is 24.3. The van der Waals surface area contributed by atoms with Gasteiger partial charge in [0.2, 0.25) is 5.91 Å². The first-order chi connectivity index (χ1) is 14.4. The van der Waals surface area contributed by atoms with E-state index in [2.05, 4.69) is 5.32 Å². The van der Waals surface area contributed by atoms with Gasteiger partial charge in [0.05, 0.1) is 30.4 Å². The zero-order valence-corrected chi connectivity index (χ0v) is 18.2. The van der Waals surface area contributed by atoms with Gasteiger partial charge in [-0.1, -0.05) is 6.07 Å². The fraction of sp³-hybridized carbons (Fsp3) is 0.350. The Hall–Kier alpha value is -2.95. The summed E-state index contributed by atoms with van der Waals surface area (Å²) in [6.45, 7) is 2.64. The predicted octanol–water partition coefficient (Wildman–Crippen LogP) is 3.44. The summed E-state index contributed by atoms with van der Waals surface area (Å²) >= 11 is 0. The van der Waals surface area contributed by atoms with Gasteiger partial charge >= 0.3 is 6.18 Å². The highest BCUT2D eigenvalue weighted by Gasteiger charge is 2.33. The second kappa shape index (κ2) is 9.46. The number of carbonyl (C=O) groups is 1. The van der Waals surface area contributed by atoms with Crippen LogP contribution in [0.1, 0.15) is 19.4 Å². The molecule has 170 valence electrons. The maximum absolute atomic E-state index is 13.4. The number of nitrogens with zero attached hydrogens (tertiary/aromatic N) is 1. The second-order valence-corrected chi connectivity index (χ2v) is 8.66. The van der Waals surface area contributed by atoms with Gasteiger partial charge in [-0.25, -0.2) is 8.42 Å². The topological polar surface area (TPSA) is 84.9 Å². The molecule has 0 fully saturated rings. The largest absolute Gasteiger partial charge is 0.493 e. The van der Waals surface area contributed by atoms with E-state index < -0.39 is 34.2 Å². The fourth-order valence-electron chi connectivity index (χ4n) is 2.75. The second-order valence-electron chi connectivity index (χ2n) is 6.80. The zero-order chi connectivity index (χ0) is 23.4. The monoisotopic (exact) mass is 460 g/mol. The number of carbonyl (C=O) groups excluding carboxylic acids is 1. The Morgan fingerprint density at radius 2 is 1.71 bits per heavy atom. The lowest BCUT2D eigenvalue weighted by atomic mass is 10.2. The normalized spacial score (nSPS) is 11.9. The van der Waals surface area contributed by atoms with Crippen LogP contribution in [0.3, 0.4) is 0 Å². The molecule has 0 heterocycles. The summed E-state index contributed by atoms with van der Waals surface area (Å²) in [5.74, 6) is -0.291. The van der Waals surface area contributed by atoms with Gasteiger partial charge in [0, 0.05) is 12.1 Å². The third kappa shape index (κ3) is 5.81. The van der Waals surface area contributed by atoms with Crippen LogP contribution >= 0.6 is 0 Å². The minimum Gasteiger partial charge on any atom is -0.493 e. The SMILES string of the molecule is COc1ccc(S(=O)(=O)N(CC(=O)NC(C)C)c2cccc(C(F)(F)F)c2)cc1OC. The molecule has 0 radical (unpaired) electrons. The number of nitrogens with one attached hydrogen (secondary N) is 1. The van der Waals surface area contributed by atoms with Gasteiger partial charge in [-0.3, -0.25) is 9.10 Å². The van der Waals surface area contributed by atoms with Gasteiger partial charge in [-0.05, 0) is 44.2 Å². The number of halogens is 3. The van der Waals surface area contributed by atoms with Crippen molar-refractivity contribution < 1.29 is 35.9 Å². The van der Waals surface area contributed by atoms with E-state index in [-0.39, 0.29) is 28.1 Å². The lowest BCUT2D eigenvalue weighted by Crippen LogP contribution is -2.43. The molecule has 0 saturated carbocycles. The number of hydrogen-bond acceptors (Lipinski definition) is 5. The first-order valence-electron chi connectivity index (χ1n) is 9.11. The average molecular weight is 460 g/mol. The molecule has 2 aromatic rings. The first-order valence-corrected chi connectivity index (χ1v) is 10.6. The Labute approximate surface area is 178 Å². The van der Waals surface area contributed by atoms with E-state index >= 15 is 0 Å². The predicted molar refractivity (Wildman–Crippen MR) is 109 cm³/mol. The van der Waals surface area contributed by atoms with Crippen LogP contribution in [0.5, 0.6) is 11.5 Å². The number of anilines is 1. The summed E-state index contributed by atoms with van der Waals surface area (Å²) in [7, 11) is -1.75. The molecule has 0 atom stereocenters. The molecule has 0 aliphatic carbocycles. The fourth-order valence-corrected chi connectivity index (χ4v) is 4.18. The average Bonchev–Trinajstić information content (AvgIpc) is 2.70. The Balaban J connectivity index is 2.60. The third-order valence-corrected chi connectivity index (χ3v) is 5.91. The highest BCUT2D eigenvalue weighted by Crippen LogP contribution is 2.35. The van der Waals surface area contributed by atoms with Crippen molar-refractivity contribution >= 4 is 21.6 Å². The third-order valence-electron chi connectivity index (χ3n) is 4.14. The van der Waals surface area contributed by atoms with Crippen LogP contribution < -0.4 is 19.1 Å². The maximum Gasteiger partial charge on any atom is 0.416 e. The molecular weight excluding hydrogens is 437 g/mol. The van der Waals surface area contributed by atoms with Gasteiger partial charge in [0.1, 0.15) is 6.54 Å². The van der Waals surface area contributed by atoms with Crippen molar-refractivity contribution in [2.24, 2.45) is 0 Å². The van der Waals surface area contributed by atoms with Crippen molar-refractivity contribution in [1.29, 1.82) is 0 Å². The van der Waals surface area contributed by atoms with E-state index in [4.69, 9.17) is 9.47 Å². The molecule has 31 heavy (non-hydrogen) atoms. The molecule has 1 N–H and O–H groups in total. The lowest BCUT2D eigenvalue weighted by Gasteiger charge is -2.25. The van der Waals surface area contributed by atoms with Gasteiger partial charge in [-0.15, -0.1) is 0 Å². The molecule has 0 spiro atoms. The van der Waals surface area contributed by atoms with Crippen LogP contribution in [0.4, 0.5) is 18.9 Å². The summed E-state index contributed by atoms with van der Waals surface area (Å²) in [6, 6.07) is 7.22. The van der Waals surface area contributed by atoms with Gasteiger partial charge in [0.15, 0.2) is 11.5 Å². The Morgan fingerprint density at radius 3 is 2.26 bits per heavy atom. The number of hydrogen-bond donors (Lipinski definition) is 1. The van der Waals surface area contributed by atoms with Crippen molar-refractivity contribution in [3.63, 3.8) is 0 Å². The van der Waals surface area contributed by atoms with E-state index in [1.54, 1.807) is 13.8 Å². The summed E-state index contributed by atoms with van der Waals surface area (Å²) in [6.07, 6.45) is -4.69. The lowest BCUT2D eigenvalue weighted by molar-refractivity contribution is -0.137. The zero-order valence-electron chi connectivity index (χ0n) is 17.4. The molecule has 0 aliphatic rings. The molecule has 7 nitrogen and oxygen atoms in total. The molecule has 0 saturated heterocycles. The van der Waals surface area contributed by atoms with Crippen LogP contribution in [0.15, 0.2) is 47.4 Å². The van der Waals surface area contributed by atoms with Gasteiger partial charge < -0.3 is 14.8 Å². The number of methoxy groups -OCH3 is 2. The molecule has 11 heteroatoms. The van der Waals surface area contributed by atoms with Crippen molar-refractivity contribution in [3.05, 3.63) is 48.0 Å². The van der Waals surface area contributed by atoms with Gasteiger partial charge in [0.25, 0.3) is 10.0 Å². The molecule has 2 rings (SSSR count). The van der Waals surface area contributed by atoms with E-state index in [1.165, 1.54) is 38.5 Å². The summed E-state index contributed by atoms with van der Waals surface area (Å²) in [4.78, 5) is 12.1. The number of sulfonamides is 1. The van der Waals surface area contributed by atoms with Gasteiger partial charge in [-0.2, -0.15) is 13.2 Å². The number of rotatable bonds is 8. The van der Waals surface area contributed by atoms with Crippen LogP contribution in [0.2, 0.25) is 0 Å². The van der Waals surface area contributed by atoms with Crippen LogP contribution in [0, 0.1) is 0 Å². The molecule has 0 bridgehead atoms. The summed E-state index contributed by atoms with van der Waals surface area (Å²) in [5, 5.41) is 2.54. The molecule has 0 aliphatic heterocycles. The minimum atomic E-state index is -4.69. The standard InChI is InChI=1S/C20H23F3N2O5S/c1-13(2)24-19(26)12-25(15-7-5-6-14(10-15)20(21,22)23)31(27,28)16-8-9-17(29-3)18(11-16)30-4/h5-11,13H,12H2,1-4H3,(H,24,26). The molecule has 1 amide bonds. The smallest absolute Gasteiger partial charge is 0.416 e. The Morgan fingerprint density at radius 1 is 1.06 bits per heavy atom. The van der Waals surface area contributed by atoms with E-state index in [0.717, 1.165) is 12.1 Å². The molecular formula is C20H23F3N2O5S. The van der Waals surface area contributed by atoms with Crippen molar-refractivity contribution in [2.75, 3.05) is 25.1 Å². The summed E-state index contributed by atoms with van der Waals surface area (Å²) < 4.78 is 77.1. The van der Waals surface area contributed by atoms with E-state index in [0.29, 0.717) is 10.4 Å². The highest BCUT2D eigenvalue weighted by atomic mass is 32.2. The quantitative estimate of drug-likeness (QED) is 0.653. The van der Waals surface area contributed by atoms with Crippen LogP contribution in [-0.4, -0.2) is 41.1 Å². The van der Waals surface area contributed by atoms with E-state index in [9.17, 15) is 26.4 Å². The number of alkyl halides is 3. The van der Waals surface area contributed by atoms with Crippen LogP contribution in [-0.2, 0) is 21.0 Å². The van der Waals surface area contributed by atoms with E-state index in [1.807, 2.05) is 0 Å². The van der Waals surface area contributed by atoms with Crippen molar-refractivity contribution in [2.45, 2.75) is 31.0 Å². The molecule has 0 unspecified atom stereocenters. The number of amides is 1. The maximum atomic E-state index is 13.4. The minimum absolute atomic E-state index is 0.110. The highest BCUT2D eigenvalue weighted by molar-refractivity contribution is 7.92. The Kier molecular flexibility index (Phi) is 7.42.